The average Bonchev–Trinajstić information content (AvgIpc) is 3.37. The van der Waals surface area contributed by atoms with Crippen LogP contribution in [0.5, 0.6) is 23.0 Å². The van der Waals surface area contributed by atoms with E-state index in [2.05, 4.69) is 5.32 Å². The Morgan fingerprint density at radius 1 is 0.865 bits per heavy atom. The largest absolute Gasteiger partial charge is 0.486 e. The van der Waals surface area contributed by atoms with Crippen LogP contribution in [0.4, 0.5) is 5.69 Å². The minimum atomic E-state index is -0.484. The summed E-state index contributed by atoms with van der Waals surface area (Å²) < 4.78 is 23.6. The number of ketones is 1. The second-order valence-corrected chi connectivity index (χ2v) is 8.90. The Morgan fingerprint density at radius 2 is 1.57 bits per heavy atom. The van der Waals surface area contributed by atoms with E-state index < -0.39 is 11.2 Å². The number of anilines is 1. The molecule has 0 fully saturated rings. The number of pyridine rings is 1. The van der Waals surface area contributed by atoms with Gasteiger partial charge in [0.2, 0.25) is 18.1 Å². The van der Waals surface area contributed by atoms with Gasteiger partial charge in [0.15, 0.2) is 28.8 Å². The highest BCUT2D eigenvalue weighted by atomic mass is 35.5. The topological polar surface area (TPSA) is 105 Å². The van der Waals surface area contributed by atoms with Crippen LogP contribution in [0.15, 0.2) is 65.6 Å². The van der Waals surface area contributed by atoms with Crippen LogP contribution in [0, 0.1) is 0 Å². The van der Waals surface area contributed by atoms with Gasteiger partial charge in [0.1, 0.15) is 19.8 Å². The maximum atomic E-state index is 13.4. The van der Waals surface area contributed by atoms with Gasteiger partial charge in [-0.2, -0.15) is 0 Å². The van der Waals surface area contributed by atoms with Crippen LogP contribution >= 0.6 is 11.6 Å². The molecule has 1 amide bonds. The number of benzene rings is 3. The monoisotopic (exact) mass is 518 g/mol. The highest BCUT2D eigenvalue weighted by Crippen LogP contribution is 2.36. The molecule has 0 radical (unpaired) electrons. The molecule has 2 aliphatic rings. The molecule has 9 nitrogen and oxygen atoms in total. The summed E-state index contributed by atoms with van der Waals surface area (Å²) in [6.45, 7) is 0.731. The summed E-state index contributed by atoms with van der Waals surface area (Å²) in [6.07, 6.45) is 1.40. The number of aromatic nitrogens is 1. The van der Waals surface area contributed by atoms with Gasteiger partial charge in [-0.1, -0.05) is 11.6 Å². The number of amides is 1. The van der Waals surface area contributed by atoms with Crippen molar-refractivity contribution < 1.29 is 28.5 Å². The summed E-state index contributed by atoms with van der Waals surface area (Å²) in [6, 6.07) is 14.5. The van der Waals surface area contributed by atoms with E-state index in [1.54, 1.807) is 53.1 Å². The van der Waals surface area contributed by atoms with Gasteiger partial charge in [-0.15, -0.1) is 0 Å². The van der Waals surface area contributed by atoms with Gasteiger partial charge in [-0.25, -0.2) is 0 Å². The third-order valence-electron chi connectivity index (χ3n) is 6.07. The molecule has 10 heteroatoms. The molecule has 4 aromatic rings. The van der Waals surface area contributed by atoms with Gasteiger partial charge < -0.3 is 28.8 Å². The van der Waals surface area contributed by atoms with Crippen LogP contribution in [-0.4, -0.2) is 36.3 Å². The lowest BCUT2D eigenvalue weighted by Crippen LogP contribution is -2.24. The van der Waals surface area contributed by atoms with Crippen LogP contribution in [0.3, 0.4) is 0 Å². The number of hydrogen-bond donors (Lipinski definition) is 1. The van der Waals surface area contributed by atoms with E-state index in [1.165, 1.54) is 12.3 Å². The van der Waals surface area contributed by atoms with Crippen molar-refractivity contribution in [1.82, 2.24) is 4.57 Å². The number of carbonyl (C=O) groups excluding carboxylic acids is 2. The van der Waals surface area contributed by atoms with E-state index in [0.29, 0.717) is 58.0 Å². The average molecular weight is 519 g/mol. The molecule has 0 bridgehead atoms. The molecule has 0 saturated carbocycles. The normalized spacial score (nSPS) is 13.4. The Kier molecular flexibility index (Phi) is 5.69. The van der Waals surface area contributed by atoms with Crippen molar-refractivity contribution in [2.75, 3.05) is 25.3 Å². The van der Waals surface area contributed by atoms with E-state index in [9.17, 15) is 14.4 Å². The molecule has 1 N–H and O–H groups in total. The Balaban J connectivity index is 1.38. The Labute approximate surface area is 215 Å². The third kappa shape index (κ3) is 4.34. The fourth-order valence-corrected chi connectivity index (χ4v) is 4.43. The first-order valence-electron chi connectivity index (χ1n) is 11.4. The van der Waals surface area contributed by atoms with E-state index >= 15 is 0 Å². The van der Waals surface area contributed by atoms with Crippen molar-refractivity contribution >= 4 is 39.9 Å². The first-order valence-corrected chi connectivity index (χ1v) is 11.8. The number of carbonyl (C=O) groups is 2. The summed E-state index contributed by atoms with van der Waals surface area (Å²) in [4.78, 5) is 39.7. The molecule has 6 rings (SSSR count). The Morgan fingerprint density at radius 3 is 2.35 bits per heavy atom. The van der Waals surface area contributed by atoms with E-state index in [0.717, 1.165) is 0 Å². The SMILES string of the molecule is O=C(Cn1cc(C(=O)c2ccc(Cl)cc2)c(=O)c2cc3c(cc21)OCO3)Nc1ccc2c(c1)OCCO2. The van der Waals surface area contributed by atoms with Crippen molar-refractivity contribution in [3.63, 3.8) is 0 Å². The van der Waals surface area contributed by atoms with Crippen LogP contribution in [0.1, 0.15) is 15.9 Å². The van der Waals surface area contributed by atoms with E-state index in [-0.39, 0.29) is 30.2 Å². The van der Waals surface area contributed by atoms with Crippen LogP contribution in [-0.2, 0) is 11.3 Å². The molecule has 37 heavy (non-hydrogen) atoms. The van der Waals surface area contributed by atoms with Gasteiger partial charge in [0, 0.05) is 34.6 Å². The molecule has 3 aromatic carbocycles. The lowest BCUT2D eigenvalue weighted by Gasteiger charge is -2.19. The van der Waals surface area contributed by atoms with Crippen molar-refractivity contribution in [3.8, 4) is 23.0 Å². The number of ether oxygens (including phenoxy) is 4. The zero-order valence-corrected chi connectivity index (χ0v) is 20.0. The van der Waals surface area contributed by atoms with E-state index in [1.807, 2.05) is 0 Å². The number of nitrogens with zero attached hydrogens (tertiary/aromatic N) is 1. The van der Waals surface area contributed by atoms with Crippen LogP contribution in [0.25, 0.3) is 10.9 Å². The van der Waals surface area contributed by atoms with Crippen LogP contribution < -0.4 is 29.7 Å². The zero-order chi connectivity index (χ0) is 25.5. The summed E-state index contributed by atoms with van der Waals surface area (Å²) in [5.41, 5.74) is 0.695. The second kappa shape index (κ2) is 9.18. The zero-order valence-electron chi connectivity index (χ0n) is 19.3. The standard InChI is InChI=1S/C27H19ClN2O7/c28-16-3-1-15(2-4-16)26(32)19-12-30(20-11-24-23(36-14-37-24)10-18(20)27(19)33)13-25(31)29-17-5-6-21-22(9-17)35-8-7-34-21/h1-6,9-12H,7-8,13-14H2,(H,29,31). The van der Waals surface area contributed by atoms with Crippen molar-refractivity contribution in [3.05, 3.63) is 87.2 Å². The lowest BCUT2D eigenvalue weighted by molar-refractivity contribution is -0.116. The summed E-state index contributed by atoms with van der Waals surface area (Å²) in [7, 11) is 0. The first-order chi connectivity index (χ1) is 18.0. The molecule has 2 aliphatic heterocycles. The molecular formula is C27H19ClN2O7. The smallest absolute Gasteiger partial charge is 0.244 e. The molecule has 186 valence electrons. The van der Waals surface area contributed by atoms with Gasteiger partial charge >= 0.3 is 0 Å². The van der Waals surface area contributed by atoms with Gasteiger partial charge in [-0.05, 0) is 42.5 Å². The Bertz CT molecular complexity index is 1630. The number of nitrogens with one attached hydrogen (secondary N) is 1. The minimum absolute atomic E-state index is 0.0149. The predicted octanol–water partition coefficient (Wildman–Crippen LogP) is 4.02. The lowest BCUT2D eigenvalue weighted by atomic mass is 10.0. The van der Waals surface area contributed by atoms with Gasteiger partial charge in [0.05, 0.1) is 16.5 Å². The van der Waals surface area contributed by atoms with Gasteiger partial charge in [0.25, 0.3) is 0 Å². The quantitative estimate of drug-likeness (QED) is 0.398. The maximum Gasteiger partial charge on any atom is 0.244 e. The van der Waals surface area contributed by atoms with Crippen molar-refractivity contribution in [1.29, 1.82) is 0 Å². The summed E-state index contributed by atoms with van der Waals surface area (Å²) >= 11 is 5.95. The Hall–Kier alpha value is -4.50. The van der Waals surface area contributed by atoms with E-state index in [4.69, 9.17) is 30.5 Å². The molecule has 0 aliphatic carbocycles. The number of fused-ring (bicyclic) bond motifs is 3. The molecule has 1 aromatic heterocycles. The second-order valence-electron chi connectivity index (χ2n) is 8.47. The molecule has 0 saturated heterocycles. The predicted molar refractivity (Wildman–Crippen MR) is 135 cm³/mol. The molecule has 0 atom stereocenters. The van der Waals surface area contributed by atoms with Crippen molar-refractivity contribution in [2.45, 2.75) is 6.54 Å². The number of hydrogen-bond acceptors (Lipinski definition) is 7. The molecular weight excluding hydrogens is 500 g/mol. The summed E-state index contributed by atoms with van der Waals surface area (Å²) in [5, 5.41) is 3.53. The third-order valence-corrected chi connectivity index (χ3v) is 6.32. The highest BCUT2D eigenvalue weighted by molar-refractivity contribution is 6.30. The molecule has 3 heterocycles. The number of halogens is 1. The maximum absolute atomic E-state index is 13.4. The molecule has 0 spiro atoms. The van der Waals surface area contributed by atoms with Gasteiger partial charge in [-0.3, -0.25) is 14.4 Å². The van der Waals surface area contributed by atoms with Crippen molar-refractivity contribution in [2.24, 2.45) is 0 Å². The fraction of sp³-hybridized carbons (Fsp3) is 0.148. The minimum Gasteiger partial charge on any atom is -0.486 e. The fourth-order valence-electron chi connectivity index (χ4n) is 4.31. The summed E-state index contributed by atoms with van der Waals surface area (Å²) in [5.74, 6) is 1.14. The molecule has 0 unspecified atom stereocenters. The number of rotatable bonds is 5. The highest BCUT2D eigenvalue weighted by Gasteiger charge is 2.23. The first kappa shape index (κ1) is 22.9. The van der Waals surface area contributed by atoms with Crippen LogP contribution in [0.2, 0.25) is 5.02 Å².